The summed E-state index contributed by atoms with van der Waals surface area (Å²) in [5.41, 5.74) is 4.84. The van der Waals surface area contributed by atoms with Crippen molar-refractivity contribution in [1.29, 1.82) is 0 Å². The lowest BCUT2D eigenvalue weighted by atomic mass is 9.92. The van der Waals surface area contributed by atoms with Gasteiger partial charge in [0.2, 0.25) is 0 Å². The van der Waals surface area contributed by atoms with Crippen molar-refractivity contribution in [2.45, 2.75) is 0 Å². The van der Waals surface area contributed by atoms with Crippen LogP contribution < -0.4 is 0 Å². The van der Waals surface area contributed by atoms with Crippen molar-refractivity contribution in [2.75, 3.05) is 0 Å². The molecule has 4 aromatic rings. The van der Waals surface area contributed by atoms with Crippen LogP contribution in [0.3, 0.4) is 0 Å². The van der Waals surface area contributed by atoms with E-state index in [4.69, 9.17) is 1.37 Å². The Labute approximate surface area is 149 Å². The molecule has 1 heteroatoms. The SMILES string of the molecule is [2H]c1c(-c2ccccc2)cc(-c2ccccc2)c(O)c1-c1ccccc1. The Balaban J connectivity index is 2.05. The summed E-state index contributed by atoms with van der Waals surface area (Å²) in [5.74, 6) is 0.145. The second-order valence-corrected chi connectivity index (χ2v) is 5.92. The van der Waals surface area contributed by atoms with Crippen molar-refractivity contribution in [2.24, 2.45) is 0 Å². The van der Waals surface area contributed by atoms with Crippen LogP contribution in [-0.2, 0) is 0 Å². The molecule has 1 N–H and O–H groups in total. The molecule has 0 amide bonds. The quantitative estimate of drug-likeness (QED) is 0.463. The molecule has 0 bridgehead atoms. The Morgan fingerprint density at radius 3 is 1.48 bits per heavy atom. The lowest BCUT2D eigenvalue weighted by molar-refractivity contribution is 0.479. The van der Waals surface area contributed by atoms with E-state index in [1.165, 1.54) is 0 Å². The average Bonchev–Trinajstić information content (AvgIpc) is 2.70. The highest BCUT2D eigenvalue weighted by Crippen LogP contribution is 2.41. The molecule has 0 radical (unpaired) electrons. The Morgan fingerprint density at radius 1 is 0.520 bits per heavy atom. The number of phenolic OH excluding ortho intramolecular Hbond substituents is 1. The normalized spacial score (nSPS) is 11.1. The van der Waals surface area contributed by atoms with Crippen molar-refractivity contribution in [3.63, 3.8) is 0 Å². The first-order chi connectivity index (χ1) is 12.8. The molecule has 0 aliphatic carbocycles. The van der Waals surface area contributed by atoms with Crippen LogP contribution >= 0.6 is 0 Å². The number of benzene rings is 4. The zero-order valence-corrected chi connectivity index (χ0v) is 13.7. The van der Waals surface area contributed by atoms with Crippen LogP contribution in [0.15, 0.2) is 103 Å². The maximum absolute atomic E-state index is 11.0. The molecule has 0 aliphatic rings. The molecule has 0 saturated carbocycles. The van der Waals surface area contributed by atoms with Gasteiger partial charge in [-0.25, -0.2) is 0 Å². The fraction of sp³-hybridized carbons (Fsp3) is 0. The van der Waals surface area contributed by atoms with E-state index in [1.807, 2.05) is 97.1 Å². The van der Waals surface area contributed by atoms with Gasteiger partial charge in [-0.2, -0.15) is 0 Å². The first-order valence-corrected chi connectivity index (χ1v) is 8.28. The van der Waals surface area contributed by atoms with Gasteiger partial charge in [0.1, 0.15) is 5.75 Å². The van der Waals surface area contributed by atoms with Crippen LogP contribution in [0.2, 0.25) is 0 Å². The minimum atomic E-state index is 0.145. The first-order valence-electron chi connectivity index (χ1n) is 8.78. The van der Waals surface area contributed by atoms with Crippen LogP contribution in [0.5, 0.6) is 5.75 Å². The van der Waals surface area contributed by atoms with Crippen molar-refractivity contribution >= 4 is 0 Å². The van der Waals surface area contributed by atoms with E-state index in [0.29, 0.717) is 11.6 Å². The Bertz CT molecular complexity index is 962. The summed E-state index contributed by atoms with van der Waals surface area (Å²) in [6, 6.07) is 31.6. The van der Waals surface area contributed by atoms with Gasteiger partial charge in [0.05, 0.1) is 1.37 Å². The van der Waals surface area contributed by atoms with Gasteiger partial charge in [-0.3, -0.25) is 0 Å². The van der Waals surface area contributed by atoms with Crippen LogP contribution in [0, 0.1) is 0 Å². The zero-order chi connectivity index (χ0) is 17.9. The van der Waals surface area contributed by atoms with Crippen LogP contribution in [-0.4, -0.2) is 5.11 Å². The number of rotatable bonds is 3. The third-order valence-corrected chi connectivity index (χ3v) is 4.27. The van der Waals surface area contributed by atoms with Crippen molar-refractivity contribution in [1.82, 2.24) is 0 Å². The van der Waals surface area contributed by atoms with Crippen LogP contribution in [0.4, 0.5) is 0 Å². The molecule has 120 valence electrons. The standard InChI is InChI=1S/C24H18O/c25-24-22(19-12-6-2-7-13-19)16-21(18-10-4-1-5-11-18)17-23(24)20-14-8-3-9-15-20/h1-17,25H/i16D. The minimum absolute atomic E-state index is 0.145. The molecule has 0 spiro atoms. The molecule has 0 aromatic heterocycles. The molecule has 4 rings (SSSR count). The molecular formula is C24H18O. The third-order valence-electron chi connectivity index (χ3n) is 4.27. The van der Waals surface area contributed by atoms with Crippen molar-refractivity contribution < 1.29 is 6.48 Å². The topological polar surface area (TPSA) is 20.2 Å². The van der Waals surface area contributed by atoms with Gasteiger partial charge in [-0.15, -0.1) is 0 Å². The summed E-state index contributed by atoms with van der Waals surface area (Å²) in [6.45, 7) is 0. The molecule has 0 heterocycles. The van der Waals surface area contributed by atoms with Gasteiger partial charge >= 0.3 is 0 Å². The molecular weight excluding hydrogens is 304 g/mol. The highest BCUT2D eigenvalue weighted by atomic mass is 16.3. The monoisotopic (exact) mass is 323 g/mol. The van der Waals surface area contributed by atoms with Gasteiger partial charge < -0.3 is 5.11 Å². The van der Waals surface area contributed by atoms with Gasteiger partial charge in [0.25, 0.3) is 0 Å². The van der Waals surface area contributed by atoms with Gasteiger partial charge in [0.15, 0.2) is 0 Å². The van der Waals surface area contributed by atoms with E-state index in [1.54, 1.807) is 0 Å². The van der Waals surface area contributed by atoms with E-state index >= 15 is 0 Å². The Hall–Kier alpha value is -3.32. The van der Waals surface area contributed by atoms with Gasteiger partial charge in [-0.05, 0) is 34.4 Å². The van der Waals surface area contributed by atoms with Crippen molar-refractivity contribution in [3.05, 3.63) is 103 Å². The summed E-state index contributed by atoms with van der Waals surface area (Å²) in [5, 5.41) is 11.0. The van der Waals surface area contributed by atoms with E-state index in [9.17, 15) is 5.11 Å². The maximum atomic E-state index is 11.0. The lowest BCUT2D eigenvalue weighted by Gasteiger charge is -2.14. The number of aromatic hydroxyl groups is 1. The second-order valence-electron chi connectivity index (χ2n) is 5.92. The zero-order valence-electron chi connectivity index (χ0n) is 14.7. The number of phenols is 1. The molecule has 0 fully saturated rings. The summed E-state index contributed by atoms with van der Waals surface area (Å²) in [7, 11) is 0. The average molecular weight is 323 g/mol. The fourth-order valence-electron chi connectivity index (χ4n) is 3.00. The summed E-state index contributed by atoms with van der Waals surface area (Å²) >= 11 is 0. The summed E-state index contributed by atoms with van der Waals surface area (Å²) in [4.78, 5) is 0. The lowest BCUT2D eigenvalue weighted by Crippen LogP contribution is -1.88. The Kier molecular flexibility index (Phi) is 3.75. The Morgan fingerprint density at radius 2 is 0.960 bits per heavy atom. The van der Waals surface area contributed by atoms with E-state index in [-0.39, 0.29) is 5.75 Å². The second kappa shape index (κ2) is 6.66. The highest BCUT2D eigenvalue weighted by molar-refractivity contribution is 5.87. The molecule has 0 atom stereocenters. The predicted molar refractivity (Wildman–Crippen MR) is 104 cm³/mol. The summed E-state index contributed by atoms with van der Waals surface area (Å²) in [6.07, 6.45) is 0. The van der Waals surface area contributed by atoms with E-state index < -0.39 is 0 Å². The third kappa shape index (κ3) is 3.05. The molecule has 0 unspecified atom stereocenters. The van der Waals surface area contributed by atoms with Crippen LogP contribution in [0.1, 0.15) is 1.37 Å². The number of hydrogen-bond acceptors (Lipinski definition) is 1. The number of hydrogen-bond donors (Lipinski definition) is 1. The fourth-order valence-corrected chi connectivity index (χ4v) is 3.00. The predicted octanol–water partition coefficient (Wildman–Crippen LogP) is 6.39. The summed E-state index contributed by atoms with van der Waals surface area (Å²) < 4.78 is 8.76. The molecule has 25 heavy (non-hydrogen) atoms. The van der Waals surface area contributed by atoms with Crippen LogP contribution in [0.25, 0.3) is 33.4 Å². The minimum Gasteiger partial charge on any atom is -0.507 e. The maximum Gasteiger partial charge on any atom is 0.131 e. The van der Waals surface area contributed by atoms with Gasteiger partial charge in [0, 0.05) is 11.1 Å². The largest absolute Gasteiger partial charge is 0.507 e. The van der Waals surface area contributed by atoms with Crippen molar-refractivity contribution in [3.8, 4) is 39.1 Å². The smallest absolute Gasteiger partial charge is 0.131 e. The first kappa shape index (κ1) is 14.1. The molecule has 4 aromatic carbocycles. The highest BCUT2D eigenvalue weighted by Gasteiger charge is 2.14. The molecule has 0 aliphatic heterocycles. The van der Waals surface area contributed by atoms with Gasteiger partial charge in [-0.1, -0.05) is 91.0 Å². The van der Waals surface area contributed by atoms with E-state index in [0.717, 1.165) is 27.8 Å². The molecule has 0 saturated heterocycles. The van der Waals surface area contributed by atoms with E-state index in [2.05, 4.69) is 0 Å². The molecule has 1 nitrogen and oxygen atoms in total.